The van der Waals surface area contributed by atoms with Crippen molar-refractivity contribution in [3.05, 3.63) is 42.1 Å². The van der Waals surface area contributed by atoms with E-state index in [1.165, 1.54) is 5.39 Å². The summed E-state index contributed by atoms with van der Waals surface area (Å²) in [6, 6.07) is 8.30. The molecule has 2 aromatic heterocycles. The summed E-state index contributed by atoms with van der Waals surface area (Å²) < 4.78 is 3.96. The van der Waals surface area contributed by atoms with Crippen LogP contribution in [0.2, 0.25) is 0 Å². The van der Waals surface area contributed by atoms with Gasteiger partial charge in [-0.3, -0.25) is 4.68 Å². The molecule has 1 aromatic carbocycles. The molecule has 0 saturated carbocycles. The number of hydrogen-bond acceptors (Lipinski definition) is 4. The van der Waals surface area contributed by atoms with Gasteiger partial charge in [0, 0.05) is 18.5 Å². The number of hydrogen-bond donors (Lipinski definition) is 1. The first-order valence-electron chi connectivity index (χ1n) is 7.29. The second kappa shape index (κ2) is 6.05. The maximum atomic E-state index is 4.73. The molecule has 0 aliphatic carbocycles. The quantitative estimate of drug-likeness (QED) is 0.750. The summed E-state index contributed by atoms with van der Waals surface area (Å²) in [4.78, 5) is 4.37. The SMILES string of the molecule is CCCn1ncnc1Cn1nc(CNC)c2ccccc21. The molecule has 21 heavy (non-hydrogen) atoms. The van der Waals surface area contributed by atoms with Crippen LogP contribution in [-0.4, -0.2) is 31.6 Å². The van der Waals surface area contributed by atoms with Crippen LogP contribution in [0.25, 0.3) is 10.9 Å². The van der Waals surface area contributed by atoms with Gasteiger partial charge in [0.1, 0.15) is 18.7 Å². The van der Waals surface area contributed by atoms with Crippen LogP contribution in [0.15, 0.2) is 30.6 Å². The minimum Gasteiger partial charge on any atom is -0.314 e. The third-order valence-electron chi connectivity index (χ3n) is 3.50. The molecule has 6 nitrogen and oxygen atoms in total. The lowest BCUT2D eigenvalue weighted by molar-refractivity contribution is 0.541. The Morgan fingerprint density at radius 3 is 2.86 bits per heavy atom. The zero-order valence-corrected chi connectivity index (χ0v) is 12.5. The van der Waals surface area contributed by atoms with Crippen LogP contribution in [0.3, 0.4) is 0 Å². The van der Waals surface area contributed by atoms with E-state index in [0.717, 1.165) is 36.5 Å². The topological polar surface area (TPSA) is 60.6 Å². The molecular formula is C15H20N6. The van der Waals surface area contributed by atoms with Gasteiger partial charge in [-0.05, 0) is 19.5 Å². The Bertz CT molecular complexity index is 727. The highest BCUT2D eigenvalue weighted by atomic mass is 15.4. The number of nitrogens with one attached hydrogen (secondary N) is 1. The van der Waals surface area contributed by atoms with E-state index >= 15 is 0 Å². The molecule has 3 rings (SSSR count). The van der Waals surface area contributed by atoms with E-state index in [1.807, 2.05) is 28.5 Å². The maximum Gasteiger partial charge on any atom is 0.148 e. The Morgan fingerprint density at radius 1 is 1.19 bits per heavy atom. The van der Waals surface area contributed by atoms with Crippen molar-refractivity contribution in [2.24, 2.45) is 0 Å². The van der Waals surface area contributed by atoms with Crippen LogP contribution in [0.1, 0.15) is 24.9 Å². The second-order valence-electron chi connectivity index (χ2n) is 5.05. The molecule has 110 valence electrons. The molecule has 0 atom stereocenters. The maximum absolute atomic E-state index is 4.73. The average molecular weight is 284 g/mol. The largest absolute Gasteiger partial charge is 0.314 e. The van der Waals surface area contributed by atoms with E-state index in [4.69, 9.17) is 5.10 Å². The molecule has 2 heterocycles. The van der Waals surface area contributed by atoms with Gasteiger partial charge in [-0.15, -0.1) is 0 Å². The van der Waals surface area contributed by atoms with Crippen molar-refractivity contribution >= 4 is 10.9 Å². The van der Waals surface area contributed by atoms with Crippen LogP contribution in [-0.2, 0) is 19.6 Å². The van der Waals surface area contributed by atoms with Gasteiger partial charge in [-0.25, -0.2) is 9.67 Å². The van der Waals surface area contributed by atoms with Crippen molar-refractivity contribution in [1.29, 1.82) is 0 Å². The first-order chi connectivity index (χ1) is 10.3. The lowest BCUT2D eigenvalue weighted by Crippen LogP contribution is -2.12. The van der Waals surface area contributed by atoms with Crippen molar-refractivity contribution < 1.29 is 0 Å². The summed E-state index contributed by atoms with van der Waals surface area (Å²) in [5.74, 6) is 0.945. The summed E-state index contributed by atoms with van der Waals surface area (Å²) in [7, 11) is 1.94. The average Bonchev–Trinajstić information content (AvgIpc) is 3.07. The van der Waals surface area contributed by atoms with E-state index in [2.05, 4.69) is 34.5 Å². The van der Waals surface area contributed by atoms with Gasteiger partial charge < -0.3 is 5.32 Å². The van der Waals surface area contributed by atoms with Crippen LogP contribution >= 0.6 is 0 Å². The zero-order valence-electron chi connectivity index (χ0n) is 12.5. The number of rotatable bonds is 6. The van der Waals surface area contributed by atoms with Crippen molar-refractivity contribution in [3.63, 3.8) is 0 Å². The lowest BCUT2D eigenvalue weighted by Gasteiger charge is -2.05. The van der Waals surface area contributed by atoms with Gasteiger partial charge >= 0.3 is 0 Å². The number of aromatic nitrogens is 5. The highest BCUT2D eigenvalue weighted by molar-refractivity contribution is 5.81. The van der Waals surface area contributed by atoms with E-state index in [9.17, 15) is 0 Å². The third-order valence-corrected chi connectivity index (χ3v) is 3.50. The Balaban J connectivity index is 1.98. The smallest absolute Gasteiger partial charge is 0.148 e. The Hall–Kier alpha value is -2.21. The molecule has 0 saturated heterocycles. The van der Waals surface area contributed by atoms with Crippen molar-refractivity contribution in [3.8, 4) is 0 Å². The predicted molar refractivity (Wildman–Crippen MR) is 81.9 cm³/mol. The lowest BCUT2D eigenvalue weighted by atomic mass is 10.2. The fourth-order valence-corrected chi connectivity index (χ4v) is 2.56. The standard InChI is InChI=1S/C15H20N6/c1-3-8-20-15(17-11-18-20)10-21-14-7-5-4-6-12(14)13(19-21)9-16-2/h4-7,11,16H,3,8-10H2,1-2H3. The van der Waals surface area contributed by atoms with E-state index in [1.54, 1.807) is 6.33 Å². The van der Waals surface area contributed by atoms with E-state index in [-0.39, 0.29) is 0 Å². The van der Waals surface area contributed by atoms with Gasteiger partial charge in [0.2, 0.25) is 0 Å². The van der Waals surface area contributed by atoms with Gasteiger partial charge in [0.15, 0.2) is 0 Å². The fourth-order valence-electron chi connectivity index (χ4n) is 2.56. The molecule has 0 radical (unpaired) electrons. The second-order valence-corrected chi connectivity index (χ2v) is 5.05. The highest BCUT2D eigenvalue weighted by Gasteiger charge is 2.12. The normalized spacial score (nSPS) is 11.3. The summed E-state index contributed by atoms with van der Waals surface area (Å²) in [6.07, 6.45) is 2.66. The molecule has 0 amide bonds. The molecule has 6 heteroatoms. The minimum atomic E-state index is 0.643. The monoisotopic (exact) mass is 284 g/mol. The van der Waals surface area contributed by atoms with Crippen LogP contribution in [0, 0.1) is 0 Å². The number of benzene rings is 1. The van der Waals surface area contributed by atoms with Gasteiger partial charge in [-0.1, -0.05) is 25.1 Å². The van der Waals surface area contributed by atoms with Crippen LogP contribution in [0.4, 0.5) is 0 Å². The van der Waals surface area contributed by atoms with Crippen LogP contribution in [0.5, 0.6) is 0 Å². The van der Waals surface area contributed by atoms with Gasteiger partial charge in [0.05, 0.1) is 11.2 Å². The number of aryl methyl sites for hydroxylation is 1. The van der Waals surface area contributed by atoms with E-state index in [0.29, 0.717) is 6.54 Å². The fraction of sp³-hybridized carbons (Fsp3) is 0.400. The van der Waals surface area contributed by atoms with Crippen molar-refractivity contribution in [2.45, 2.75) is 33.0 Å². The molecule has 1 N–H and O–H groups in total. The summed E-state index contributed by atoms with van der Waals surface area (Å²) >= 11 is 0. The van der Waals surface area contributed by atoms with Crippen molar-refractivity contribution in [1.82, 2.24) is 29.9 Å². The molecule has 3 aromatic rings. The Labute approximate surface area is 123 Å². The first-order valence-corrected chi connectivity index (χ1v) is 7.29. The van der Waals surface area contributed by atoms with E-state index < -0.39 is 0 Å². The van der Waals surface area contributed by atoms with Gasteiger partial charge in [-0.2, -0.15) is 10.2 Å². The van der Waals surface area contributed by atoms with Crippen LogP contribution < -0.4 is 5.32 Å². The summed E-state index contributed by atoms with van der Waals surface area (Å²) in [6.45, 7) is 4.43. The molecule has 0 fully saturated rings. The zero-order chi connectivity index (χ0) is 14.7. The molecule has 0 spiro atoms. The molecule has 0 aliphatic rings. The molecule has 0 bridgehead atoms. The third kappa shape index (κ3) is 2.67. The number of nitrogens with zero attached hydrogens (tertiary/aromatic N) is 5. The highest BCUT2D eigenvalue weighted by Crippen LogP contribution is 2.19. The first kappa shape index (κ1) is 13.8. The minimum absolute atomic E-state index is 0.643. The molecule has 0 aliphatic heterocycles. The number of fused-ring (bicyclic) bond motifs is 1. The summed E-state index contributed by atoms with van der Waals surface area (Å²) in [5, 5.41) is 13.4. The van der Waals surface area contributed by atoms with Crippen molar-refractivity contribution in [2.75, 3.05) is 7.05 Å². The molecular weight excluding hydrogens is 264 g/mol. The van der Waals surface area contributed by atoms with Gasteiger partial charge in [0.25, 0.3) is 0 Å². The Morgan fingerprint density at radius 2 is 2.05 bits per heavy atom. The Kier molecular flexibility index (Phi) is 3.96. The number of para-hydroxylation sites is 1. The molecule has 0 unspecified atom stereocenters. The predicted octanol–water partition coefficient (Wildman–Crippen LogP) is 1.81. The summed E-state index contributed by atoms with van der Waals surface area (Å²) in [5.41, 5.74) is 2.20.